The van der Waals surface area contributed by atoms with Crippen molar-refractivity contribution in [2.75, 3.05) is 49.6 Å². The van der Waals surface area contributed by atoms with Crippen molar-refractivity contribution in [3.8, 4) is 0 Å². The number of carbonyl (C=O) groups is 2. The van der Waals surface area contributed by atoms with E-state index in [9.17, 15) is 9.59 Å². The van der Waals surface area contributed by atoms with Gasteiger partial charge in [0, 0.05) is 32.6 Å². The lowest BCUT2D eigenvalue weighted by Gasteiger charge is -2.30. The van der Waals surface area contributed by atoms with Crippen LogP contribution in [0.1, 0.15) is 12.0 Å². The summed E-state index contributed by atoms with van der Waals surface area (Å²) in [6, 6.07) is 18.0. The van der Waals surface area contributed by atoms with Gasteiger partial charge >= 0.3 is 0 Å². The molecule has 6 heteroatoms. The van der Waals surface area contributed by atoms with Gasteiger partial charge < -0.3 is 19.9 Å². The molecule has 2 fully saturated rings. The first kappa shape index (κ1) is 19.5. The molecule has 152 valence electrons. The third-order valence-corrected chi connectivity index (χ3v) is 5.61. The molecule has 2 amide bonds. The van der Waals surface area contributed by atoms with E-state index in [1.165, 1.54) is 5.56 Å². The molecule has 0 aliphatic carbocycles. The minimum atomic E-state index is -0.309. The van der Waals surface area contributed by atoms with Gasteiger partial charge in [0.1, 0.15) is 0 Å². The normalized spacial score (nSPS) is 19.4. The zero-order valence-electron chi connectivity index (χ0n) is 16.5. The van der Waals surface area contributed by atoms with E-state index in [1.54, 1.807) is 0 Å². The van der Waals surface area contributed by atoms with Crippen molar-refractivity contribution in [1.82, 2.24) is 4.90 Å². The Kier molecular flexibility index (Phi) is 6.10. The highest BCUT2D eigenvalue weighted by Gasteiger charge is 2.34. The molecule has 2 aromatic rings. The van der Waals surface area contributed by atoms with Crippen LogP contribution in [-0.4, -0.2) is 56.1 Å². The molecule has 0 spiro atoms. The Morgan fingerprint density at radius 1 is 1.03 bits per heavy atom. The number of amides is 2. The third kappa shape index (κ3) is 4.77. The van der Waals surface area contributed by atoms with Crippen molar-refractivity contribution in [1.29, 1.82) is 0 Å². The average molecular weight is 393 g/mol. The number of rotatable bonds is 6. The van der Waals surface area contributed by atoms with E-state index in [1.807, 2.05) is 47.4 Å². The van der Waals surface area contributed by atoms with E-state index in [2.05, 4.69) is 22.3 Å². The van der Waals surface area contributed by atoms with Crippen LogP contribution in [0.25, 0.3) is 0 Å². The molecule has 2 aliphatic heterocycles. The van der Waals surface area contributed by atoms with E-state index >= 15 is 0 Å². The van der Waals surface area contributed by atoms with Crippen molar-refractivity contribution in [3.05, 3.63) is 60.2 Å². The summed E-state index contributed by atoms with van der Waals surface area (Å²) in [5.41, 5.74) is 3.01. The molecule has 2 saturated heterocycles. The predicted molar refractivity (Wildman–Crippen MR) is 113 cm³/mol. The molecule has 1 N–H and O–H groups in total. The van der Waals surface area contributed by atoms with Crippen molar-refractivity contribution in [2.24, 2.45) is 5.92 Å². The number of likely N-dealkylation sites (tertiary alicyclic amines) is 1. The first-order chi connectivity index (χ1) is 14.2. The van der Waals surface area contributed by atoms with Gasteiger partial charge in [-0.15, -0.1) is 0 Å². The summed E-state index contributed by atoms with van der Waals surface area (Å²) < 4.78 is 5.43. The molecule has 0 saturated carbocycles. The average Bonchev–Trinajstić information content (AvgIpc) is 3.15. The smallest absolute Gasteiger partial charge is 0.229 e. The molecule has 0 aromatic heterocycles. The van der Waals surface area contributed by atoms with Gasteiger partial charge in [0.2, 0.25) is 11.8 Å². The lowest BCUT2D eigenvalue weighted by atomic mass is 10.1. The number of para-hydroxylation sites is 2. The van der Waals surface area contributed by atoms with Crippen LogP contribution in [0.3, 0.4) is 0 Å². The fourth-order valence-electron chi connectivity index (χ4n) is 3.97. The minimum absolute atomic E-state index is 0.0579. The van der Waals surface area contributed by atoms with E-state index in [0.717, 1.165) is 30.9 Å². The summed E-state index contributed by atoms with van der Waals surface area (Å²) in [4.78, 5) is 29.3. The maximum Gasteiger partial charge on any atom is 0.229 e. The van der Waals surface area contributed by atoms with Crippen molar-refractivity contribution < 1.29 is 14.3 Å². The fraction of sp³-hybridized carbons (Fsp3) is 0.391. The lowest BCUT2D eigenvalue weighted by Crippen LogP contribution is -2.37. The molecule has 2 heterocycles. The van der Waals surface area contributed by atoms with Gasteiger partial charge in [-0.25, -0.2) is 0 Å². The summed E-state index contributed by atoms with van der Waals surface area (Å²) in [7, 11) is 0. The van der Waals surface area contributed by atoms with Gasteiger partial charge in [-0.1, -0.05) is 42.5 Å². The Bertz CT molecular complexity index is 849. The van der Waals surface area contributed by atoms with Crippen molar-refractivity contribution >= 4 is 23.2 Å². The summed E-state index contributed by atoms with van der Waals surface area (Å²) in [5.74, 6) is -0.333. The highest BCUT2D eigenvalue weighted by atomic mass is 16.5. The molecule has 0 radical (unpaired) electrons. The van der Waals surface area contributed by atoms with Crippen LogP contribution in [0.5, 0.6) is 0 Å². The van der Waals surface area contributed by atoms with E-state index < -0.39 is 0 Å². The second kappa shape index (κ2) is 9.09. The van der Waals surface area contributed by atoms with E-state index in [0.29, 0.717) is 26.3 Å². The first-order valence-electron chi connectivity index (χ1n) is 10.2. The van der Waals surface area contributed by atoms with Gasteiger partial charge in [-0.05, 0) is 24.1 Å². The molecular weight excluding hydrogens is 366 g/mol. The van der Waals surface area contributed by atoms with Gasteiger partial charge in [0.25, 0.3) is 0 Å². The predicted octanol–water partition coefficient (Wildman–Crippen LogP) is 2.55. The number of ether oxygens (including phenoxy) is 1. The number of nitrogens with one attached hydrogen (secondary N) is 1. The molecule has 29 heavy (non-hydrogen) atoms. The molecule has 1 unspecified atom stereocenters. The van der Waals surface area contributed by atoms with Gasteiger partial charge in [-0.3, -0.25) is 9.59 Å². The summed E-state index contributed by atoms with van der Waals surface area (Å²) in [5, 5.41) is 3.06. The molecule has 1 atom stereocenters. The maximum atomic E-state index is 12.9. The zero-order chi connectivity index (χ0) is 20.1. The number of benzene rings is 2. The van der Waals surface area contributed by atoms with E-state index in [-0.39, 0.29) is 24.2 Å². The molecule has 2 aliphatic rings. The Hall–Kier alpha value is -2.86. The standard InChI is InChI=1S/C23H27N3O3/c27-22-16-19(17-26(22)11-10-18-6-2-1-3-7-18)23(28)24-20-8-4-5-9-21(20)25-12-14-29-15-13-25/h1-9,19H,10-17H2,(H,24,28). The Morgan fingerprint density at radius 2 is 1.76 bits per heavy atom. The fourth-order valence-corrected chi connectivity index (χ4v) is 3.97. The van der Waals surface area contributed by atoms with Gasteiger partial charge in [-0.2, -0.15) is 0 Å². The summed E-state index contributed by atoms with van der Waals surface area (Å²) in [6.07, 6.45) is 1.08. The number of hydrogen-bond donors (Lipinski definition) is 1. The molecule has 2 aromatic carbocycles. The molecule has 6 nitrogen and oxygen atoms in total. The number of anilines is 2. The highest BCUT2D eigenvalue weighted by molar-refractivity contribution is 5.99. The van der Waals surface area contributed by atoms with Crippen LogP contribution >= 0.6 is 0 Å². The molecule has 4 rings (SSSR count). The topological polar surface area (TPSA) is 61.9 Å². The quantitative estimate of drug-likeness (QED) is 0.819. The number of hydrogen-bond acceptors (Lipinski definition) is 4. The van der Waals surface area contributed by atoms with Gasteiger partial charge in [0.05, 0.1) is 30.5 Å². The maximum absolute atomic E-state index is 12.9. The Morgan fingerprint density at radius 3 is 2.55 bits per heavy atom. The number of morpholine rings is 1. The number of nitrogens with zero attached hydrogens (tertiary/aromatic N) is 2. The van der Waals surface area contributed by atoms with Crippen LogP contribution < -0.4 is 10.2 Å². The van der Waals surface area contributed by atoms with Crippen LogP contribution in [0.15, 0.2) is 54.6 Å². The van der Waals surface area contributed by atoms with Crippen LogP contribution in [0.2, 0.25) is 0 Å². The molecule has 0 bridgehead atoms. The lowest BCUT2D eigenvalue weighted by molar-refractivity contribution is -0.128. The monoisotopic (exact) mass is 393 g/mol. The van der Waals surface area contributed by atoms with Crippen molar-refractivity contribution in [2.45, 2.75) is 12.8 Å². The third-order valence-electron chi connectivity index (χ3n) is 5.61. The van der Waals surface area contributed by atoms with Gasteiger partial charge in [0.15, 0.2) is 0 Å². The summed E-state index contributed by atoms with van der Waals surface area (Å²) >= 11 is 0. The largest absolute Gasteiger partial charge is 0.378 e. The second-order valence-corrected chi connectivity index (χ2v) is 7.58. The number of carbonyl (C=O) groups excluding carboxylic acids is 2. The van der Waals surface area contributed by atoms with Crippen LogP contribution in [-0.2, 0) is 20.7 Å². The molecular formula is C23H27N3O3. The summed E-state index contributed by atoms with van der Waals surface area (Å²) in [6.45, 7) is 4.13. The zero-order valence-corrected chi connectivity index (χ0v) is 16.5. The second-order valence-electron chi connectivity index (χ2n) is 7.58. The van der Waals surface area contributed by atoms with E-state index in [4.69, 9.17) is 4.74 Å². The first-order valence-corrected chi connectivity index (χ1v) is 10.2. The van der Waals surface area contributed by atoms with Crippen LogP contribution in [0, 0.1) is 5.92 Å². The highest BCUT2D eigenvalue weighted by Crippen LogP contribution is 2.28. The van der Waals surface area contributed by atoms with Crippen LogP contribution in [0.4, 0.5) is 11.4 Å². The van der Waals surface area contributed by atoms with Crippen molar-refractivity contribution in [3.63, 3.8) is 0 Å². The Labute approximate surface area is 171 Å². The minimum Gasteiger partial charge on any atom is -0.378 e. The SMILES string of the molecule is O=C(Nc1ccccc1N1CCOCC1)C1CC(=O)N(CCc2ccccc2)C1. The Balaban J connectivity index is 1.36.